The Morgan fingerprint density at radius 1 is 1.20 bits per heavy atom. The van der Waals surface area contributed by atoms with E-state index in [4.69, 9.17) is 0 Å². The minimum atomic E-state index is -4.61. The second kappa shape index (κ2) is 7.35. The van der Waals surface area contributed by atoms with E-state index in [9.17, 15) is 26.4 Å². The molecule has 1 fully saturated rings. The first-order chi connectivity index (χ1) is 11.5. The van der Waals surface area contributed by atoms with E-state index in [0.717, 1.165) is 12.1 Å². The van der Waals surface area contributed by atoms with E-state index < -0.39 is 38.3 Å². The van der Waals surface area contributed by atoms with E-state index in [0.29, 0.717) is 0 Å². The molecule has 140 valence electrons. The zero-order chi connectivity index (χ0) is 18.8. The molecule has 1 aliphatic heterocycles. The molecule has 0 spiro atoms. The highest BCUT2D eigenvalue weighted by molar-refractivity contribution is 7.92. The standard InChI is InChI=1S/C17H22F3NO3S/c1-12(2)11-25(23,24)13-7-9-21(10-8-13)16(22)14-5-3-4-6-15(14)17(18,19)20/h3-6,12-13H,7-11H2,1-2H3. The van der Waals surface area contributed by atoms with Crippen molar-refractivity contribution in [1.82, 2.24) is 4.90 Å². The summed E-state index contributed by atoms with van der Waals surface area (Å²) in [6.45, 7) is 3.94. The van der Waals surface area contributed by atoms with Crippen molar-refractivity contribution in [3.05, 3.63) is 35.4 Å². The topological polar surface area (TPSA) is 54.5 Å². The van der Waals surface area contributed by atoms with Gasteiger partial charge in [0.05, 0.1) is 22.1 Å². The summed E-state index contributed by atoms with van der Waals surface area (Å²) in [6, 6.07) is 4.67. The number of likely N-dealkylation sites (tertiary alicyclic amines) is 1. The van der Waals surface area contributed by atoms with Gasteiger partial charge in [0.15, 0.2) is 9.84 Å². The molecular formula is C17H22F3NO3S. The van der Waals surface area contributed by atoms with Crippen LogP contribution in [0.2, 0.25) is 0 Å². The Kier molecular flexibility index (Phi) is 5.81. The monoisotopic (exact) mass is 377 g/mol. The van der Waals surface area contributed by atoms with Crippen LogP contribution < -0.4 is 0 Å². The number of hydrogen-bond acceptors (Lipinski definition) is 3. The first-order valence-electron chi connectivity index (χ1n) is 8.19. The number of halogens is 3. The maximum absolute atomic E-state index is 13.1. The lowest BCUT2D eigenvalue weighted by Gasteiger charge is -2.32. The van der Waals surface area contributed by atoms with Gasteiger partial charge in [-0.1, -0.05) is 26.0 Å². The van der Waals surface area contributed by atoms with Gasteiger partial charge in [0, 0.05) is 13.1 Å². The Labute approximate surface area is 145 Å². The van der Waals surface area contributed by atoms with Crippen molar-refractivity contribution in [3.8, 4) is 0 Å². The SMILES string of the molecule is CC(C)CS(=O)(=O)C1CCN(C(=O)c2ccccc2C(F)(F)F)CC1. The molecule has 0 aromatic heterocycles. The molecular weight excluding hydrogens is 355 g/mol. The minimum absolute atomic E-state index is 0.0170. The maximum Gasteiger partial charge on any atom is 0.417 e. The summed E-state index contributed by atoms with van der Waals surface area (Å²) in [5.74, 6) is -0.598. The first kappa shape index (κ1) is 19.8. The van der Waals surface area contributed by atoms with Crippen molar-refractivity contribution >= 4 is 15.7 Å². The minimum Gasteiger partial charge on any atom is -0.339 e. The lowest BCUT2D eigenvalue weighted by Crippen LogP contribution is -2.43. The molecule has 0 aliphatic carbocycles. The Morgan fingerprint density at radius 3 is 2.28 bits per heavy atom. The lowest BCUT2D eigenvalue weighted by molar-refractivity contribution is -0.138. The number of rotatable bonds is 4. The van der Waals surface area contributed by atoms with Crippen LogP contribution in [-0.4, -0.2) is 43.3 Å². The van der Waals surface area contributed by atoms with Gasteiger partial charge >= 0.3 is 6.18 Å². The quantitative estimate of drug-likeness (QED) is 0.808. The largest absolute Gasteiger partial charge is 0.417 e. The van der Waals surface area contributed by atoms with E-state index in [1.165, 1.54) is 17.0 Å². The Bertz CT molecular complexity index is 721. The molecule has 0 unspecified atom stereocenters. The Morgan fingerprint density at radius 2 is 1.76 bits per heavy atom. The van der Waals surface area contributed by atoms with Crippen molar-refractivity contribution in [2.45, 2.75) is 38.1 Å². The predicted molar refractivity (Wildman–Crippen MR) is 89.0 cm³/mol. The Balaban J connectivity index is 2.11. The van der Waals surface area contributed by atoms with E-state index in [2.05, 4.69) is 0 Å². The van der Waals surface area contributed by atoms with Crippen molar-refractivity contribution < 1.29 is 26.4 Å². The number of hydrogen-bond donors (Lipinski definition) is 0. The third-order valence-corrected chi connectivity index (χ3v) is 6.88. The molecule has 1 aromatic rings. The van der Waals surface area contributed by atoms with Crippen LogP contribution in [0.1, 0.15) is 42.6 Å². The predicted octanol–water partition coefficient (Wildman–Crippen LogP) is 3.38. The molecule has 0 bridgehead atoms. The maximum atomic E-state index is 13.1. The molecule has 0 atom stereocenters. The number of benzene rings is 1. The zero-order valence-corrected chi connectivity index (χ0v) is 15.0. The van der Waals surface area contributed by atoms with Gasteiger partial charge in [0.25, 0.3) is 5.91 Å². The summed E-state index contributed by atoms with van der Waals surface area (Å²) in [4.78, 5) is 13.8. The van der Waals surface area contributed by atoms with Gasteiger partial charge in [-0.15, -0.1) is 0 Å². The number of alkyl halides is 3. The van der Waals surface area contributed by atoms with E-state index in [-0.39, 0.29) is 37.6 Å². The molecule has 0 N–H and O–H groups in total. The molecule has 1 saturated heterocycles. The third-order valence-electron chi connectivity index (χ3n) is 4.27. The first-order valence-corrected chi connectivity index (χ1v) is 9.91. The summed E-state index contributed by atoms with van der Waals surface area (Å²) < 4.78 is 63.7. The van der Waals surface area contributed by atoms with Crippen LogP contribution in [0.4, 0.5) is 13.2 Å². The van der Waals surface area contributed by atoms with Crippen molar-refractivity contribution in [2.75, 3.05) is 18.8 Å². The number of piperidine rings is 1. The molecule has 0 saturated carbocycles. The van der Waals surface area contributed by atoms with Crippen LogP contribution in [0.5, 0.6) is 0 Å². The summed E-state index contributed by atoms with van der Waals surface area (Å²) >= 11 is 0. The van der Waals surface area contributed by atoms with Crippen LogP contribution in [0.25, 0.3) is 0 Å². The molecule has 1 amide bonds. The van der Waals surface area contributed by atoms with Crippen LogP contribution in [0.3, 0.4) is 0 Å². The summed E-state index contributed by atoms with van der Waals surface area (Å²) in [6.07, 6.45) is -4.09. The summed E-state index contributed by atoms with van der Waals surface area (Å²) in [5.41, 5.74) is -1.35. The normalized spacial score (nSPS) is 17.1. The number of nitrogens with zero attached hydrogens (tertiary/aromatic N) is 1. The van der Waals surface area contributed by atoms with Crippen LogP contribution in [0, 0.1) is 5.92 Å². The Hall–Kier alpha value is -1.57. The number of carbonyl (C=O) groups excluding carboxylic acids is 1. The molecule has 1 aromatic carbocycles. The molecule has 4 nitrogen and oxygen atoms in total. The zero-order valence-electron chi connectivity index (χ0n) is 14.2. The van der Waals surface area contributed by atoms with Crippen molar-refractivity contribution in [2.24, 2.45) is 5.92 Å². The van der Waals surface area contributed by atoms with Gasteiger partial charge in [0.1, 0.15) is 0 Å². The average Bonchev–Trinajstić information content (AvgIpc) is 2.52. The van der Waals surface area contributed by atoms with E-state index in [1.54, 1.807) is 0 Å². The van der Waals surface area contributed by atoms with E-state index in [1.807, 2.05) is 13.8 Å². The molecule has 1 aliphatic rings. The van der Waals surface area contributed by atoms with Gasteiger partial charge in [-0.3, -0.25) is 4.79 Å². The van der Waals surface area contributed by atoms with E-state index >= 15 is 0 Å². The number of sulfone groups is 1. The van der Waals surface area contributed by atoms with Gasteiger partial charge < -0.3 is 4.90 Å². The second-order valence-corrected chi connectivity index (χ2v) is 9.08. The van der Waals surface area contributed by atoms with Crippen LogP contribution in [-0.2, 0) is 16.0 Å². The fourth-order valence-electron chi connectivity index (χ4n) is 3.11. The summed E-state index contributed by atoms with van der Waals surface area (Å²) in [7, 11) is -3.25. The highest BCUT2D eigenvalue weighted by Crippen LogP contribution is 2.33. The van der Waals surface area contributed by atoms with Gasteiger partial charge in [0.2, 0.25) is 0 Å². The van der Waals surface area contributed by atoms with Crippen LogP contribution >= 0.6 is 0 Å². The highest BCUT2D eigenvalue weighted by atomic mass is 32.2. The summed E-state index contributed by atoms with van der Waals surface area (Å²) in [5, 5.41) is -0.531. The van der Waals surface area contributed by atoms with Crippen LogP contribution in [0.15, 0.2) is 24.3 Å². The third kappa shape index (κ3) is 4.74. The van der Waals surface area contributed by atoms with Gasteiger partial charge in [-0.05, 0) is 30.9 Å². The number of carbonyl (C=O) groups is 1. The fraction of sp³-hybridized carbons (Fsp3) is 0.588. The average molecular weight is 377 g/mol. The molecule has 1 heterocycles. The molecule has 8 heteroatoms. The lowest BCUT2D eigenvalue weighted by atomic mass is 10.0. The van der Waals surface area contributed by atoms with Crippen molar-refractivity contribution in [3.63, 3.8) is 0 Å². The van der Waals surface area contributed by atoms with Gasteiger partial charge in [-0.2, -0.15) is 13.2 Å². The highest BCUT2D eigenvalue weighted by Gasteiger charge is 2.37. The second-order valence-electron chi connectivity index (χ2n) is 6.76. The molecule has 0 radical (unpaired) electrons. The number of amides is 1. The van der Waals surface area contributed by atoms with Crippen molar-refractivity contribution in [1.29, 1.82) is 0 Å². The smallest absolute Gasteiger partial charge is 0.339 e. The fourth-order valence-corrected chi connectivity index (χ4v) is 5.24. The molecule has 2 rings (SSSR count). The molecule has 25 heavy (non-hydrogen) atoms. The van der Waals surface area contributed by atoms with Gasteiger partial charge in [-0.25, -0.2) is 8.42 Å².